The molecule has 0 aliphatic heterocycles. The highest BCUT2D eigenvalue weighted by Crippen LogP contribution is 2.23. The minimum atomic E-state index is -3.39. The predicted molar refractivity (Wildman–Crippen MR) is 82.9 cm³/mol. The van der Waals surface area contributed by atoms with Gasteiger partial charge in [-0.3, -0.25) is 4.79 Å². The second-order valence-electron chi connectivity index (χ2n) is 4.57. The van der Waals surface area contributed by atoms with E-state index < -0.39 is 10.0 Å². The van der Waals surface area contributed by atoms with Gasteiger partial charge in [-0.25, -0.2) is 8.42 Å². The first-order valence-electron chi connectivity index (χ1n) is 6.85. The van der Waals surface area contributed by atoms with Crippen molar-refractivity contribution in [1.29, 1.82) is 0 Å². The molecule has 0 heterocycles. The molecule has 0 aliphatic rings. The van der Waals surface area contributed by atoms with Crippen LogP contribution in [0.2, 0.25) is 0 Å². The van der Waals surface area contributed by atoms with Gasteiger partial charge in [0.05, 0.1) is 25.1 Å². The molecular weight excluding hydrogens is 292 g/mol. The van der Waals surface area contributed by atoms with E-state index in [0.717, 1.165) is 10.6 Å². The van der Waals surface area contributed by atoms with Crippen molar-refractivity contribution >= 4 is 21.6 Å². The van der Waals surface area contributed by atoms with Crippen LogP contribution in [0.3, 0.4) is 0 Å². The number of hydrogen-bond acceptors (Lipinski definition) is 4. The molecule has 0 fully saturated rings. The van der Waals surface area contributed by atoms with Crippen LogP contribution in [0, 0.1) is 0 Å². The third-order valence-corrected chi connectivity index (χ3v) is 3.97. The molecule has 1 aromatic carbocycles. The highest BCUT2D eigenvalue weighted by atomic mass is 32.2. The van der Waals surface area contributed by atoms with Crippen LogP contribution >= 0.6 is 0 Å². The monoisotopic (exact) mass is 314 g/mol. The fourth-order valence-electron chi connectivity index (χ4n) is 1.81. The lowest BCUT2D eigenvalue weighted by molar-refractivity contribution is -0.116. The van der Waals surface area contributed by atoms with Crippen LogP contribution in [0.4, 0.5) is 5.69 Å². The lowest BCUT2D eigenvalue weighted by Crippen LogP contribution is -2.37. The Morgan fingerprint density at radius 3 is 2.52 bits per heavy atom. The Morgan fingerprint density at radius 1 is 1.29 bits per heavy atom. The number of nitrogens with zero attached hydrogens (tertiary/aromatic N) is 1. The van der Waals surface area contributed by atoms with Crippen molar-refractivity contribution < 1.29 is 17.9 Å². The van der Waals surface area contributed by atoms with Gasteiger partial charge in [0.2, 0.25) is 15.9 Å². The van der Waals surface area contributed by atoms with Gasteiger partial charge in [0.25, 0.3) is 0 Å². The Bertz CT molecular complexity index is 572. The molecular formula is C14H22N2O4S. The number of nitrogens with one attached hydrogen (secondary N) is 1. The van der Waals surface area contributed by atoms with Gasteiger partial charge in [0, 0.05) is 6.54 Å². The fraction of sp³-hybridized carbons (Fsp3) is 0.500. The minimum absolute atomic E-state index is 0.201. The van der Waals surface area contributed by atoms with Crippen LogP contribution in [0.25, 0.3) is 0 Å². The van der Waals surface area contributed by atoms with E-state index in [1.54, 1.807) is 24.3 Å². The van der Waals surface area contributed by atoms with Crippen molar-refractivity contribution in [2.24, 2.45) is 0 Å². The molecule has 0 spiro atoms. The van der Waals surface area contributed by atoms with E-state index in [9.17, 15) is 13.2 Å². The van der Waals surface area contributed by atoms with Crippen molar-refractivity contribution in [2.75, 3.05) is 31.3 Å². The maximum Gasteiger partial charge on any atom is 0.239 e. The average molecular weight is 314 g/mol. The van der Waals surface area contributed by atoms with Gasteiger partial charge < -0.3 is 10.1 Å². The quantitative estimate of drug-likeness (QED) is 0.792. The largest absolute Gasteiger partial charge is 0.492 e. The molecule has 0 saturated carbocycles. The van der Waals surface area contributed by atoms with E-state index in [0.29, 0.717) is 31.0 Å². The number of carbonyl (C=O) groups is 1. The number of sulfonamides is 1. The fourth-order valence-corrected chi connectivity index (χ4v) is 2.68. The average Bonchev–Trinajstić information content (AvgIpc) is 2.40. The molecule has 1 N–H and O–H groups in total. The molecule has 6 nitrogen and oxygen atoms in total. The number of para-hydroxylation sites is 2. The number of anilines is 1. The number of carbonyl (C=O) groups excluding carboxylic acids is 1. The summed E-state index contributed by atoms with van der Waals surface area (Å²) >= 11 is 0. The summed E-state index contributed by atoms with van der Waals surface area (Å²) in [5, 5.41) is 2.69. The molecule has 1 aromatic rings. The van der Waals surface area contributed by atoms with Crippen molar-refractivity contribution in [3.05, 3.63) is 24.3 Å². The summed E-state index contributed by atoms with van der Waals surface area (Å²) in [4.78, 5) is 12.0. The number of benzene rings is 1. The minimum Gasteiger partial charge on any atom is -0.492 e. The SMILES string of the molecule is CCCN(CC(=O)Nc1ccccc1OCC)S(C)(=O)=O. The summed E-state index contributed by atoms with van der Waals surface area (Å²) in [5.41, 5.74) is 0.536. The smallest absolute Gasteiger partial charge is 0.239 e. The maximum absolute atomic E-state index is 12.0. The lowest BCUT2D eigenvalue weighted by Gasteiger charge is -2.19. The Morgan fingerprint density at radius 2 is 1.95 bits per heavy atom. The first-order chi connectivity index (χ1) is 9.88. The molecule has 0 radical (unpaired) electrons. The number of hydrogen-bond donors (Lipinski definition) is 1. The van der Waals surface area contributed by atoms with Gasteiger partial charge in [0.1, 0.15) is 5.75 Å². The van der Waals surface area contributed by atoms with Gasteiger partial charge in [-0.05, 0) is 25.5 Å². The Labute approximate surface area is 126 Å². The highest BCUT2D eigenvalue weighted by molar-refractivity contribution is 7.88. The van der Waals surface area contributed by atoms with Gasteiger partial charge in [-0.15, -0.1) is 0 Å². The maximum atomic E-state index is 12.0. The van der Waals surface area contributed by atoms with Gasteiger partial charge in [0.15, 0.2) is 0 Å². The zero-order valence-corrected chi connectivity index (χ0v) is 13.4. The molecule has 0 saturated heterocycles. The van der Waals surface area contributed by atoms with Crippen molar-refractivity contribution in [3.63, 3.8) is 0 Å². The second kappa shape index (κ2) is 7.99. The van der Waals surface area contributed by atoms with E-state index in [-0.39, 0.29) is 12.5 Å². The van der Waals surface area contributed by atoms with Crippen LogP contribution in [0.1, 0.15) is 20.3 Å². The zero-order chi connectivity index (χ0) is 15.9. The molecule has 0 aromatic heterocycles. The molecule has 0 unspecified atom stereocenters. The molecule has 0 bridgehead atoms. The first kappa shape index (κ1) is 17.5. The molecule has 118 valence electrons. The normalized spacial score (nSPS) is 11.4. The van der Waals surface area contributed by atoms with Crippen LogP contribution in [0.15, 0.2) is 24.3 Å². The van der Waals surface area contributed by atoms with Gasteiger partial charge in [-0.2, -0.15) is 4.31 Å². The standard InChI is InChI=1S/C14H22N2O4S/c1-4-10-16(21(3,18)19)11-14(17)15-12-8-6-7-9-13(12)20-5-2/h6-9H,4-5,10-11H2,1-3H3,(H,15,17). The van der Waals surface area contributed by atoms with Crippen molar-refractivity contribution in [3.8, 4) is 5.75 Å². The molecule has 1 rings (SSSR count). The second-order valence-corrected chi connectivity index (χ2v) is 6.56. The summed E-state index contributed by atoms with van der Waals surface area (Å²) in [5.74, 6) is 0.177. The van der Waals surface area contributed by atoms with Crippen LogP contribution in [-0.4, -0.2) is 44.6 Å². The first-order valence-corrected chi connectivity index (χ1v) is 8.70. The summed E-state index contributed by atoms with van der Waals surface area (Å²) in [6.07, 6.45) is 1.75. The van der Waals surface area contributed by atoms with Crippen LogP contribution < -0.4 is 10.1 Å². The van der Waals surface area contributed by atoms with Gasteiger partial charge >= 0.3 is 0 Å². The number of amides is 1. The Balaban J connectivity index is 2.77. The van der Waals surface area contributed by atoms with E-state index in [1.165, 1.54) is 0 Å². The predicted octanol–water partition coefficient (Wildman–Crippen LogP) is 1.70. The van der Waals surface area contributed by atoms with E-state index in [2.05, 4.69) is 5.32 Å². The summed E-state index contributed by atoms with van der Waals surface area (Å²) < 4.78 is 29.8. The molecule has 7 heteroatoms. The summed E-state index contributed by atoms with van der Waals surface area (Å²) in [6, 6.07) is 7.05. The van der Waals surface area contributed by atoms with E-state index in [1.807, 2.05) is 13.8 Å². The van der Waals surface area contributed by atoms with E-state index in [4.69, 9.17) is 4.74 Å². The molecule has 21 heavy (non-hydrogen) atoms. The zero-order valence-electron chi connectivity index (χ0n) is 12.6. The van der Waals surface area contributed by atoms with Crippen molar-refractivity contribution in [2.45, 2.75) is 20.3 Å². The Hall–Kier alpha value is -1.60. The third-order valence-electron chi connectivity index (χ3n) is 2.72. The molecule has 0 atom stereocenters. The van der Waals surface area contributed by atoms with Crippen LogP contribution in [0.5, 0.6) is 5.75 Å². The molecule has 0 aliphatic carbocycles. The number of ether oxygens (including phenoxy) is 1. The number of rotatable bonds is 8. The summed E-state index contributed by atoms with van der Waals surface area (Å²) in [6.45, 7) is 4.32. The van der Waals surface area contributed by atoms with E-state index >= 15 is 0 Å². The highest BCUT2D eigenvalue weighted by Gasteiger charge is 2.19. The van der Waals surface area contributed by atoms with Crippen molar-refractivity contribution in [1.82, 2.24) is 4.31 Å². The van der Waals surface area contributed by atoms with Crippen LogP contribution in [-0.2, 0) is 14.8 Å². The molecule has 1 amide bonds. The Kier molecular flexibility index (Phi) is 6.64. The topological polar surface area (TPSA) is 75.7 Å². The lowest BCUT2D eigenvalue weighted by atomic mass is 10.3. The summed E-state index contributed by atoms with van der Waals surface area (Å²) in [7, 11) is -3.39. The van der Waals surface area contributed by atoms with Gasteiger partial charge in [-0.1, -0.05) is 19.1 Å². The third kappa shape index (κ3) is 5.73.